The van der Waals surface area contributed by atoms with Crippen molar-refractivity contribution in [1.29, 1.82) is 0 Å². The van der Waals surface area contributed by atoms with Crippen molar-refractivity contribution in [2.24, 2.45) is 11.8 Å². The van der Waals surface area contributed by atoms with Crippen molar-refractivity contribution in [1.82, 2.24) is 19.5 Å². The Morgan fingerprint density at radius 2 is 1.92 bits per heavy atom. The molecular weight excluding hydrogens is 679 g/mol. The Morgan fingerprint density at radius 3 is 2.68 bits per heavy atom. The molecule has 1 aromatic heterocycles. The number of nitrogens with one attached hydrogen (secondary N) is 1. The van der Waals surface area contributed by atoms with Crippen LogP contribution in [0, 0.1) is 11.8 Å². The lowest BCUT2D eigenvalue weighted by Crippen LogP contribution is -2.51. The summed E-state index contributed by atoms with van der Waals surface area (Å²) in [6.45, 7) is 8.96. The van der Waals surface area contributed by atoms with Gasteiger partial charge in [-0.3, -0.25) is 0 Å². The van der Waals surface area contributed by atoms with Crippen LogP contribution in [-0.2, 0) is 30.7 Å². The molecule has 50 heavy (non-hydrogen) atoms. The first-order valence-electron chi connectivity index (χ1n) is 17.8. The number of amides is 1. The van der Waals surface area contributed by atoms with E-state index in [0.29, 0.717) is 6.61 Å². The number of fused-ring (bicyclic) bond motifs is 2. The number of sulfonamides is 1. The van der Waals surface area contributed by atoms with Gasteiger partial charge in [0.15, 0.2) is 11.4 Å². The summed E-state index contributed by atoms with van der Waals surface area (Å²) in [6.07, 6.45) is 1.89. The van der Waals surface area contributed by atoms with Crippen LogP contribution in [0.15, 0.2) is 53.4 Å². The van der Waals surface area contributed by atoms with Gasteiger partial charge in [0.1, 0.15) is 6.10 Å². The number of ether oxygens (including phenoxy) is 3. The molecule has 0 bridgehead atoms. The molecule has 12 nitrogen and oxygen atoms in total. The van der Waals surface area contributed by atoms with Gasteiger partial charge in [0.25, 0.3) is 0 Å². The van der Waals surface area contributed by atoms with Crippen molar-refractivity contribution >= 4 is 42.8 Å². The van der Waals surface area contributed by atoms with E-state index in [1.54, 1.807) is 18.2 Å². The Balaban J connectivity index is 1.16. The summed E-state index contributed by atoms with van der Waals surface area (Å²) >= 11 is 1.48. The van der Waals surface area contributed by atoms with E-state index in [-0.39, 0.29) is 49.1 Å². The molecular formula is C36H51N5O7S2. The molecule has 5 atom stereocenters. The average molecular weight is 730 g/mol. The van der Waals surface area contributed by atoms with Gasteiger partial charge in [-0.05, 0) is 81.4 Å². The molecule has 4 heterocycles. The maximum atomic E-state index is 14.2. The van der Waals surface area contributed by atoms with E-state index in [4.69, 9.17) is 19.2 Å². The summed E-state index contributed by atoms with van der Waals surface area (Å²) in [5.41, 5.74) is 1.63. The van der Waals surface area contributed by atoms with Crippen LogP contribution in [0.4, 0.5) is 9.93 Å². The van der Waals surface area contributed by atoms with Gasteiger partial charge in [-0.25, -0.2) is 18.2 Å². The highest BCUT2D eigenvalue weighted by molar-refractivity contribution is 7.89. The Labute approximate surface area is 299 Å². The van der Waals surface area contributed by atoms with E-state index in [1.807, 2.05) is 51.2 Å². The number of alkyl carbamates (subject to hydrolysis) is 1. The van der Waals surface area contributed by atoms with Crippen molar-refractivity contribution in [3.05, 3.63) is 54.1 Å². The van der Waals surface area contributed by atoms with Gasteiger partial charge < -0.3 is 34.4 Å². The number of rotatable bonds is 16. The zero-order valence-corrected chi connectivity index (χ0v) is 30.9. The van der Waals surface area contributed by atoms with Gasteiger partial charge in [0.2, 0.25) is 10.0 Å². The Morgan fingerprint density at radius 1 is 1.14 bits per heavy atom. The van der Waals surface area contributed by atoms with Crippen molar-refractivity contribution in [2.45, 2.75) is 75.4 Å². The summed E-state index contributed by atoms with van der Waals surface area (Å²) < 4.78 is 47.5. The fraction of sp³-hybridized carbons (Fsp3) is 0.611. The second-order valence-electron chi connectivity index (χ2n) is 14.1. The molecule has 3 aliphatic rings. The third-order valence-corrected chi connectivity index (χ3v) is 12.7. The lowest BCUT2D eigenvalue weighted by molar-refractivity contribution is -0.0907. The standard InChI is InChI=1S/C36H51N5O7S2/c1-25(2)22-41(50(44,45)27-12-13-29-33(21-27)49-35(37-29)39(3)15-9-18-40-16-7-8-17-40)23-31(42)30(20-26-10-5-4-6-11-26)38-36(43)48-32-24-47-34-28(32)14-19-46-34/h4-6,10-13,21,25,28,30-32,34,42H,7-9,14-20,22-24H2,1-3H3,(H,38,43)/t28-,30-,31+,32-,34+/m0/s1. The molecule has 0 spiro atoms. The lowest BCUT2D eigenvalue weighted by Gasteiger charge is -2.31. The van der Waals surface area contributed by atoms with Gasteiger partial charge in [0.05, 0.1) is 46.4 Å². The fourth-order valence-electron chi connectivity index (χ4n) is 7.03. The molecule has 6 rings (SSSR count). The number of hydrogen-bond acceptors (Lipinski definition) is 11. The molecule has 14 heteroatoms. The zero-order chi connectivity index (χ0) is 35.3. The number of anilines is 1. The van der Waals surface area contributed by atoms with Crippen LogP contribution < -0.4 is 10.2 Å². The number of nitrogens with zero attached hydrogens (tertiary/aromatic N) is 4. The Hall–Kier alpha value is -2.85. The minimum Gasteiger partial charge on any atom is -0.443 e. The van der Waals surface area contributed by atoms with E-state index >= 15 is 0 Å². The molecule has 2 N–H and O–H groups in total. The first-order chi connectivity index (χ1) is 24.1. The first kappa shape index (κ1) is 36.9. The average Bonchev–Trinajstić information content (AvgIpc) is 3.91. The number of carbonyl (C=O) groups excluding carboxylic acids is 1. The second kappa shape index (κ2) is 16.7. The van der Waals surface area contributed by atoms with Crippen LogP contribution in [0.2, 0.25) is 0 Å². The maximum absolute atomic E-state index is 14.2. The van der Waals surface area contributed by atoms with E-state index in [1.165, 1.54) is 41.6 Å². The molecule has 3 fully saturated rings. The van der Waals surface area contributed by atoms with E-state index in [9.17, 15) is 18.3 Å². The highest BCUT2D eigenvalue weighted by Crippen LogP contribution is 2.34. The monoisotopic (exact) mass is 729 g/mol. The molecule has 0 saturated carbocycles. The predicted octanol–water partition coefficient (Wildman–Crippen LogP) is 4.32. The predicted molar refractivity (Wildman–Crippen MR) is 194 cm³/mol. The maximum Gasteiger partial charge on any atom is 0.407 e. The number of hydrogen-bond donors (Lipinski definition) is 2. The van der Waals surface area contributed by atoms with Gasteiger partial charge >= 0.3 is 6.09 Å². The largest absolute Gasteiger partial charge is 0.443 e. The number of likely N-dealkylation sites (tertiary alicyclic amines) is 1. The molecule has 1 amide bonds. The summed E-state index contributed by atoms with van der Waals surface area (Å²) in [5.74, 6) is -0.0450. The summed E-state index contributed by atoms with van der Waals surface area (Å²) in [6, 6.07) is 13.7. The van der Waals surface area contributed by atoms with Crippen molar-refractivity contribution < 1.29 is 32.5 Å². The zero-order valence-electron chi connectivity index (χ0n) is 29.3. The summed E-state index contributed by atoms with van der Waals surface area (Å²) in [4.78, 5) is 22.8. The SMILES string of the molecule is CC(C)CN(C[C@@H](O)[C@H](Cc1ccccc1)NC(=O)O[C@H]1CO[C@H]2OCC[C@H]21)S(=O)(=O)c1ccc2nc(N(C)CCCN3CCCC3)sc2c1. The van der Waals surface area contributed by atoms with Gasteiger partial charge in [-0.2, -0.15) is 4.31 Å². The van der Waals surface area contributed by atoms with Crippen LogP contribution >= 0.6 is 11.3 Å². The highest BCUT2D eigenvalue weighted by atomic mass is 32.2. The fourth-order valence-corrected chi connectivity index (χ4v) is 9.75. The molecule has 274 valence electrons. The molecule has 0 unspecified atom stereocenters. The number of benzene rings is 2. The third kappa shape index (κ3) is 9.14. The smallest absolute Gasteiger partial charge is 0.407 e. The molecule has 3 aromatic rings. The highest BCUT2D eigenvalue weighted by Gasteiger charge is 2.44. The van der Waals surface area contributed by atoms with Crippen molar-refractivity contribution in [3.63, 3.8) is 0 Å². The quantitative estimate of drug-likeness (QED) is 0.220. The van der Waals surface area contributed by atoms with Crippen LogP contribution in [0.1, 0.15) is 45.1 Å². The number of aromatic nitrogens is 1. The van der Waals surface area contributed by atoms with Crippen LogP contribution in [0.25, 0.3) is 10.2 Å². The van der Waals surface area contributed by atoms with Gasteiger partial charge in [0, 0.05) is 26.7 Å². The lowest BCUT2D eigenvalue weighted by atomic mass is 10.0. The number of thiazole rings is 1. The molecule has 3 saturated heterocycles. The normalized spacial score (nSPS) is 22.3. The Kier molecular flexibility index (Phi) is 12.3. The second-order valence-corrected chi connectivity index (χ2v) is 17.1. The molecule has 3 aliphatic heterocycles. The molecule has 0 radical (unpaired) electrons. The van der Waals surface area contributed by atoms with Gasteiger partial charge in [-0.15, -0.1) is 0 Å². The number of aliphatic hydroxyl groups is 1. The molecule has 2 aromatic carbocycles. The Bertz CT molecular complexity index is 1670. The third-order valence-electron chi connectivity index (χ3n) is 9.75. The van der Waals surface area contributed by atoms with Crippen molar-refractivity contribution in [2.75, 3.05) is 64.4 Å². The van der Waals surface area contributed by atoms with Crippen LogP contribution in [-0.4, -0.2) is 118 Å². The van der Waals surface area contributed by atoms with Crippen LogP contribution in [0.5, 0.6) is 0 Å². The number of carbonyl (C=O) groups is 1. The first-order valence-corrected chi connectivity index (χ1v) is 20.1. The minimum absolute atomic E-state index is 0.0145. The minimum atomic E-state index is -4.02. The number of aliphatic hydroxyl groups excluding tert-OH is 1. The van der Waals surface area contributed by atoms with Crippen molar-refractivity contribution in [3.8, 4) is 0 Å². The van der Waals surface area contributed by atoms with E-state index in [0.717, 1.165) is 46.8 Å². The summed E-state index contributed by atoms with van der Waals surface area (Å²) in [7, 11) is -1.99. The molecule has 0 aliphatic carbocycles. The van der Waals surface area contributed by atoms with Crippen LogP contribution in [0.3, 0.4) is 0 Å². The van der Waals surface area contributed by atoms with E-state index < -0.39 is 34.4 Å². The van der Waals surface area contributed by atoms with Gasteiger partial charge in [-0.1, -0.05) is 55.5 Å². The van der Waals surface area contributed by atoms with E-state index in [2.05, 4.69) is 15.1 Å². The topological polar surface area (TPSA) is 134 Å². The summed E-state index contributed by atoms with van der Waals surface area (Å²) in [5, 5.41) is 15.4.